The van der Waals surface area contributed by atoms with Gasteiger partial charge >= 0.3 is 0 Å². The number of aromatic nitrogens is 1. The van der Waals surface area contributed by atoms with Crippen LogP contribution in [0.1, 0.15) is 10.4 Å². The SMILES string of the molecule is NC(=O)c1cnccc1-c1ccccc1-c1ccccc1. The highest BCUT2D eigenvalue weighted by molar-refractivity contribution is 6.01. The Morgan fingerprint density at radius 2 is 1.48 bits per heavy atom. The van der Waals surface area contributed by atoms with E-state index >= 15 is 0 Å². The number of hydrogen-bond acceptors (Lipinski definition) is 2. The molecule has 1 amide bonds. The van der Waals surface area contributed by atoms with Crippen LogP contribution in [0, 0.1) is 0 Å². The van der Waals surface area contributed by atoms with Gasteiger partial charge in [0, 0.05) is 12.4 Å². The number of nitrogens with zero attached hydrogens (tertiary/aromatic N) is 1. The minimum absolute atomic E-state index is 0.431. The molecule has 0 atom stereocenters. The van der Waals surface area contributed by atoms with E-state index in [1.54, 1.807) is 6.20 Å². The van der Waals surface area contributed by atoms with Crippen molar-refractivity contribution in [2.45, 2.75) is 0 Å². The molecule has 0 aliphatic carbocycles. The highest BCUT2D eigenvalue weighted by Crippen LogP contribution is 2.33. The van der Waals surface area contributed by atoms with Crippen LogP contribution in [0.2, 0.25) is 0 Å². The maximum atomic E-state index is 11.6. The zero-order valence-electron chi connectivity index (χ0n) is 11.4. The number of nitrogens with two attached hydrogens (primary N) is 1. The summed E-state index contributed by atoms with van der Waals surface area (Å²) < 4.78 is 0. The van der Waals surface area contributed by atoms with E-state index < -0.39 is 5.91 Å². The third kappa shape index (κ3) is 2.54. The lowest BCUT2D eigenvalue weighted by atomic mass is 9.92. The van der Waals surface area contributed by atoms with Gasteiger partial charge in [0.25, 0.3) is 5.91 Å². The van der Waals surface area contributed by atoms with Crippen molar-refractivity contribution in [1.82, 2.24) is 4.98 Å². The Bertz CT molecular complexity index is 782. The summed E-state index contributed by atoms with van der Waals surface area (Å²) in [6.07, 6.45) is 3.18. The summed E-state index contributed by atoms with van der Waals surface area (Å²) in [7, 11) is 0. The van der Waals surface area contributed by atoms with Crippen LogP contribution in [0.25, 0.3) is 22.3 Å². The summed E-state index contributed by atoms with van der Waals surface area (Å²) in [5.74, 6) is -0.471. The molecule has 2 N–H and O–H groups in total. The fraction of sp³-hybridized carbons (Fsp3) is 0. The van der Waals surface area contributed by atoms with Crippen LogP contribution in [0.5, 0.6) is 0 Å². The molecule has 0 spiro atoms. The van der Waals surface area contributed by atoms with Gasteiger partial charge in [-0.3, -0.25) is 9.78 Å². The summed E-state index contributed by atoms with van der Waals surface area (Å²) in [6, 6.07) is 19.8. The summed E-state index contributed by atoms with van der Waals surface area (Å²) in [5, 5.41) is 0. The minimum atomic E-state index is -0.471. The van der Waals surface area contributed by atoms with Crippen LogP contribution >= 0.6 is 0 Å². The van der Waals surface area contributed by atoms with Gasteiger partial charge in [-0.05, 0) is 28.3 Å². The van der Waals surface area contributed by atoms with E-state index in [2.05, 4.69) is 4.98 Å². The Morgan fingerprint density at radius 3 is 2.19 bits per heavy atom. The molecule has 0 saturated heterocycles. The van der Waals surface area contributed by atoms with Gasteiger partial charge in [0.15, 0.2) is 0 Å². The van der Waals surface area contributed by atoms with Gasteiger partial charge in [-0.15, -0.1) is 0 Å². The van der Waals surface area contributed by atoms with E-state index in [1.165, 1.54) is 6.20 Å². The maximum absolute atomic E-state index is 11.6. The van der Waals surface area contributed by atoms with Crippen molar-refractivity contribution in [1.29, 1.82) is 0 Å². The van der Waals surface area contributed by atoms with Gasteiger partial charge in [0.2, 0.25) is 0 Å². The van der Waals surface area contributed by atoms with Gasteiger partial charge in [0.1, 0.15) is 0 Å². The van der Waals surface area contributed by atoms with Crippen molar-refractivity contribution in [2.24, 2.45) is 5.73 Å². The molecule has 102 valence electrons. The molecule has 0 radical (unpaired) electrons. The lowest BCUT2D eigenvalue weighted by Crippen LogP contribution is -2.12. The number of pyridine rings is 1. The zero-order valence-corrected chi connectivity index (χ0v) is 11.4. The van der Waals surface area contributed by atoms with Crippen LogP contribution < -0.4 is 5.73 Å². The Morgan fingerprint density at radius 1 is 0.810 bits per heavy atom. The Kier molecular flexibility index (Phi) is 3.48. The molecule has 3 rings (SSSR count). The second-order valence-corrected chi connectivity index (χ2v) is 4.70. The monoisotopic (exact) mass is 274 g/mol. The Labute approximate surface area is 123 Å². The molecular formula is C18H14N2O. The normalized spacial score (nSPS) is 10.3. The first-order valence-corrected chi connectivity index (χ1v) is 6.66. The second kappa shape index (κ2) is 5.59. The van der Waals surface area contributed by atoms with E-state index in [-0.39, 0.29) is 0 Å². The molecule has 3 nitrogen and oxygen atoms in total. The molecule has 0 aliphatic rings. The number of rotatable bonds is 3. The largest absolute Gasteiger partial charge is 0.366 e. The van der Waals surface area contributed by atoms with Crippen molar-refractivity contribution in [3.05, 3.63) is 78.6 Å². The van der Waals surface area contributed by atoms with Crippen LogP contribution in [-0.2, 0) is 0 Å². The van der Waals surface area contributed by atoms with Gasteiger partial charge in [-0.1, -0.05) is 54.6 Å². The minimum Gasteiger partial charge on any atom is -0.366 e. The van der Waals surface area contributed by atoms with Crippen LogP contribution in [0.3, 0.4) is 0 Å². The molecule has 0 fully saturated rings. The van der Waals surface area contributed by atoms with E-state index in [0.717, 1.165) is 22.3 Å². The van der Waals surface area contributed by atoms with Gasteiger partial charge < -0.3 is 5.73 Å². The molecule has 3 aromatic rings. The van der Waals surface area contributed by atoms with Crippen molar-refractivity contribution in [3.8, 4) is 22.3 Å². The quantitative estimate of drug-likeness (QED) is 0.794. The smallest absolute Gasteiger partial charge is 0.250 e. The van der Waals surface area contributed by atoms with Gasteiger partial charge in [0.05, 0.1) is 5.56 Å². The molecule has 21 heavy (non-hydrogen) atoms. The summed E-state index contributed by atoms with van der Waals surface area (Å²) in [5.41, 5.74) is 9.83. The van der Waals surface area contributed by atoms with Crippen LogP contribution in [0.4, 0.5) is 0 Å². The first-order chi connectivity index (χ1) is 10.3. The summed E-state index contributed by atoms with van der Waals surface area (Å²) >= 11 is 0. The zero-order chi connectivity index (χ0) is 14.7. The molecule has 2 aromatic carbocycles. The number of benzene rings is 2. The predicted octanol–water partition coefficient (Wildman–Crippen LogP) is 3.51. The Balaban J connectivity index is 2.24. The van der Waals surface area contributed by atoms with Gasteiger partial charge in [-0.25, -0.2) is 0 Å². The van der Waals surface area contributed by atoms with Crippen molar-refractivity contribution in [3.63, 3.8) is 0 Å². The second-order valence-electron chi connectivity index (χ2n) is 4.70. The number of carbonyl (C=O) groups excluding carboxylic acids is 1. The number of primary amides is 1. The molecule has 1 aromatic heterocycles. The number of carbonyl (C=O) groups is 1. The average molecular weight is 274 g/mol. The fourth-order valence-corrected chi connectivity index (χ4v) is 2.41. The van der Waals surface area contributed by atoms with E-state index in [1.807, 2.05) is 60.7 Å². The third-order valence-electron chi connectivity index (χ3n) is 3.39. The highest BCUT2D eigenvalue weighted by atomic mass is 16.1. The standard InChI is InChI=1S/C18H14N2O/c19-18(21)17-12-20-11-10-16(17)15-9-5-4-8-14(15)13-6-2-1-3-7-13/h1-12H,(H2,19,21). The third-order valence-corrected chi connectivity index (χ3v) is 3.39. The number of amides is 1. The average Bonchev–Trinajstić information content (AvgIpc) is 2.55. The molecule has 0 saturated carbocycles. The van der Waals surface area contributed by atoms with E-state index in [4.69, 9.17) is 5.73 Å². The maximum Gasteiger partial charge on any atom is 0.250 e. The first-order valence-electron chi connectivity index (χ1n) is 6.66. The molecular weight excluding hydrogens is 260 g/mol. The first kappa shape index (κ1) is 13.1. The van der Waals surface area contributed by atoms with Crippen LogP contribution in [-0.4, -0.2) is 10.9 Å². The predicted molar refractivity (Wildman–Crippen MR) is 83.6 cm³/mol. The lowest BCUT2D eigenvalue weighted by Gasteiger charge is -2.12. The van der Waals surface area contributed by atoms with E-state index in [0.29, 0.717) is 5.56 Å². The van der Waals surface area contributed by atoms with Crippen molar-refractivity contribution < 1.29 is 4.79 Å². The summed E-state index contributed by atoms with van der Waals surface area (Å²) in [6.45, 7) is 0. The van der Waals surface area contributed by atoms with Crippen molar-refractivity contribution >= 4 is 5.91 Å². The van der Waals surface area contributed by atoms with Crippen LogP contribution in [0.15, 0.2) is 73.1 Å². The molecule has 0 unspecified atom stereocenters. The summed E-state index contributed by atoms with van der Waals surface area (Å²) in [4.78, 5) is 15.6. The molecule has 1 heterocycles. The van der Waals surface area contributed by atoms with Crippen molar-refractivity contribution in [2.75, 3.05) is 0 Å². The topological polar surface area (TPSA) is 56.0 Å². The van der Waals surface area contributed by atoms with E-state index in [9.17, 15) is 4.79 Å². The molecule has 0 aliphatic heterocycles. The number of hydrogen-bond donors (Lipinski definition) is 1. The Hall–Kier alpha value is -2.94. The fourth-order valence-electron chi connectivity index (χ4n) is 2.41. The molecule has 0 bridgehead atoms. The van der Waals surface area contributed by atoms with Gasteiger partial charge in [-0.2, -0.15) is 0 Å². The highest BCUT2D eigenvalue weighted by Gasteiger charge is 2.13. The molecule has 3 heteroatoms. The lowest BCUT2D eigenvalue weighted by molar-refractivity contribution is 0.100.